The van der Waals surface area contributed by atoms with Gasteiger partial charge < -0.3 is 5.11 Å². The van der Waals surface area contributed by atoms with Crippen molar-refractivity contribution in [3.8, 4) is 5.75 Å². The maximum Gasteiger partial charge on any atom is 0.119 e. The lowest BCUT2D eigenvalue weighted by molar-refractivity contribution is 0.435. The zero-order valence-corrected chi connectivity index (χ0v) is 14.5. The van der Waals surface area contributed by atoms with Crippen LogP contribution in [0.3, 0.4) is 0 Å². The molecule has 0 spiro atoms. The molecule has 116 valence electrons. The number of allylic oxidation sites excluding steroid dienone is 2. The van der Waals surface area contributed by atoms with E-state index in [0.717, 1.165) is 12.0 Å². The molecule has 1 aliphatic carbocycles. The van der Waals surface area contributed by atoms with Crippen LogP contribution >= 0.6 is 0 Å². The molecule has 1 nitrogen and oxygen atoms in total. The van der Waals surface area contributed by atoms with E-state index in [1.165, 1.54) is 36.0 Å². The molecule has 2 rings (SSSR count). The van der Waals surface area contributed by atoms with Gasteiger partial charge in [0, 0.05) is 5.56 Å². The molecule has 21 heavy (non-hydrogen) atoms. The third kappa shape index (κ3) is 3.33. The molecule has 0 bridgehead atoms. The minimum Gasteiger partial charge on any atom is -0.508 e. The first-order chi connectivity index (χ1) is 9.62. The lowest BCUT2D eigenvalue weighted by Gasteiger charge is -2.34. The number of phenols is 1. The van der Waals surface area contributed by atoms with Crippen LogP contribution in [0.2, 0.25) is 0 Å². The van der Waals surface area contributed by atoms with Crippen molar-refractivity contribution >= 4 is 5.57 Å². The van der Waals surface area contributed by atoms with Crippen molar-refractivity contribution in [3.05, 3.63) is 34.9 Å². The van der Waals surface area contributed by atoms with Gasteiger partial charge in [-0.15, -0.1) is 0 Å². The summed E-state index contributed by atoms with van der Waals surface area (Å²) in [5.41, 5.74) is 5.22. The van der Waals surface area contributed by atoms with Gasteiger partial charge in [-0.25, -0.2) is 0 Å². The van der Waals surface area contributed by atoms with E-state index in [1.54, 1.807) is 0 Å². The molecule has 0 fully saturated rings. The summed E-state index contributed by atoms with van der Waals surface area (Å²) in [6, 6.07) is 4.02. The summed E-state index contributed by atoms with van der Waals surface area (Å²) in [5, 5.41) is 10.5. The maximum atomic E-state index is 10.5. The Morgan fingerprint density at radius 3 is 1.95 bits per heavy atom. The first-order valence-electron chi connectivity index (χ1n) is 8.18. The average Bonchev–Trinajstić information content (AvgIpc) is 2.37. The number of rotatable bonds is 1. The van der Waals surface area contributed by atoms with Crippen molar-refractivity contribution in [1.82, 2.24) is 0 Å². The Labute approximate surface area is 130 Å². The Bertz CT molecular complexity index is 550. The molecule has 0 amide bonds. The quantitative estimate of drug-likeness (QED) is 0.677. The molecule has 0 heterocycles. The minimum absolute atomic E-state index is 0.0228. The Morgan fingerprint density at radius 2 is 1.48 bits per heavy atom. The van der Waals surface area contributed by atoms with Crippen LogP contribution in [0, 0.1) is 0 Å². The number of hydrogen-bond acceptors (Lipinski definition) is 1. The highest BCUT2D eigenvalue weighted by molar-refractivity contribution is 5.73. The molecule has 0 unspecified atom stereocenters. The summed E-state index contributed by atoms with van der Waals surface area (Å²) in [5.74, 6) is 0.438. The van der Waals surface area contributed by atoms with Gasteiger partial charge in [0.05, 0.1) is 0 Å². The molecule has 0 aliphatic heterocycles. The molecular formula is C20H30O. The Morgan fingerprint density at radius 1 is 0.857 bits per heavy atom. The molecule has 1 aliphatic rings. The van der Waals surface area contributed by atoms with Crippen LogP contribution in [0.15, 0.2) is 18.2 Å². The SMILES string of the molecule is CC(C)(C)c1c(O)ccc(C2=CCCCC2)c1C(C)(C)C. The molecule has 1 aromatic carbocycles. The van der Waals surface area contributed by atoms with Gasteiger partial charge in [0.1, 0.15) is 5.75 Å². The van der Waals surface area contributed by atoms with Gasteiger partial charge in [0.15, 0.2) is 0 Å². The third-order valence-corrected chi connectivity index (χ3v) is 4.32. The monoisotopic (exact) mass is 286 g/mol. The minimum atomic E-state index is -0.0576. The van der Waals surface area contributed by atoms with E-state index in [1.807, 2.05) is 6.07 Å². The summed E-state index contributed by atoms with van der Waals surface area (Å²) in [6.07, 6.45) is 7.33. The fourth-order valence-corrected chi connectivity index (χ4v) is 3.48. The summed E-state index contributed by atoms with van der Waals surface area (Å²) < 4.78 is 0. The van der Waals surface area contributed by atoms with Crippen LogP contribution in [0.4, 0.5) is 0 Å². The second-order valence-electron chi connectivity index (χ2n) is 8.36. The van der Waals surface area contributed by atoms with Crippen molar-refractivity contribution < 1.29 is 5.11 Å². The maximum absolute atomic E-state index is 10.5. The van der Waals surface area contributed by atoms with Crippen molar-refractivity contribution in [3.63, 3.8) is 0 Å². The molecule has 0 saturated heterocycles. The van der Waals surface area contributed by atoms with E-state index in [0.29, 0.717) is 5.75 Å². The molecule has 0 aromatic heterocycles. The summed E-state index contributed by atoms with van der Waals surface area (Å²) in [4.78, 5) is 0. The lowest BCUT2D eigenvalue weighted by Crippen LogP contribution is -2.24. The van der Waals surface area contributed by atoms with E-state index in [2.05, 4.69) is 53.7 Å². The first-order valence-corrected chi connectivity index (χ1v) is 8.18. The predicted molar refractivity (Wildman–Crippen MR) is 92.0 cm³/mol. The fraction of sp³-hybridized carbons (Fsp3) is 0.600. The van der Waals surface area contributed by atoms with Gasteiger partial charge in [-0.2, -0.15) is 0 Å². The van der Waals surface area contributed by atoms with Crippen LogP contribution in [0.5, 0.6) is 5.75 Å². The Hall–Kier alpha value is -1.24. The van der Waals surface area contributed by atoms with Gasteiger partial charge in [0.2, 0.25) is 0 Å². The van der Waals surface area contributed by atoms with Gasteiger partial charge in [-0.1, -0.05) is 53.7 Å². The largest absolute Gasteiger partial charge is 0.508 e. The average molecular weight is 286 g/mol. The van der Waals surface area contributed by atoms with Gasteiger partial charge in [-0.3, -0.25) is 0 Å². The second-order valence-corrected chi connectivity index (χ2v) is 8.36. The topological polar surface area (TPSA) is 20.2 Å². The zero-order chi connectivity index (χ0) is 15.8. The van der Waals surface area contributed by atoms with E-state index < -0.39 is 0 Å². The first kappa shape index (κ1) is 16.1. The van der Waals surface area contributed by atoms with Crippen LogP contribution in [-0.4, -0.2) is 5.11 Å². The molecule has 0 saturated carbocycles. The van der Waals surface area contributed by atoms with E-state index in [-0.39, 0.29) is 10.8 Å². The molecular weight excluding hydrogens is 256 g/mol. The van der Waals surface area contributed by atoms with E-state index in [4.69, 9.17) is 0 Å². The Kier molecular flexibility index (Phi) is 4.24. The van der Waals surface area contributed by atoms with E-state index >= 15 is 0 Å². The zero-order valence-electron chi connectivity index (χ0n) is 14.5. The smallest absolute Gasteiger partial charge is 0.119 e. The normalized spacial score (nSPS) is 16.8. The fourth-order valence-electron chi connectivity index (χ4n) is 3.48. The molecule has 1 N–H and O–H groups in total. The number of benzene rings is 1. The van der Waals surface area contributed by atoms with Crippen LogP contribution in [-0.2, 0) is 10.8 Å². The molecule has 1 heteroatoms. The standard InChI is InChI=1S/C20H30O/c1-19(2,3)17-15(14-10-8-7-9-11-14)12-13-16(21)18(17)20(4,5)6/h10,12-13,21H,7-9,11H2,1-6H3. The number of hydrogen-bond donors (Lipinski definition) is 1. The Balaban J connectivity index is 2.75. The van der Waals surface area contributed by atoms with Gasteiger partial charge in [0.25, 0.3) is 0 Å². The number of aromatic hydroxyl groups is 1. The second kappa shape index (κ2) is 5.51. The highest BCUT2D eigenvalue weighted by Crippen LogP contribution is 2.44. The van der Waals surface area contributed by atoms with Crippen molar-refractivity contribution in [2.75, 3.05) is 0 Å². The van der Waals surface area contributed by atoms with Crippen molar-refractivity contribution in [1.29, 1.82) is 0 Å². The summed E-state index contributed by atoms with van der Waals surface area (Å²) in [6.45, 7) is 13.3. The van der Waals surface area contributed by atoms with Crippen LogP contribution in [0.25, 0.3) is 5.57 Å². The lowest BCUT2D eigenvalue weighted by atomic mass is 9.71. The van der Waals surface area contributed by atoms with Gasteiger partial charge in [-0.05, 0) is 59.3 Å². The highest BCUT2D eigenvalue weighted by Gasteiger charge is 2.31. The van der Waals surface area contributed by atoms with Gasteiger partial charge >= 0.3 is 0 Å². The summed E-state index contributed by atoms with van der Waals surface area (Å²) in [7, 11) is 0. The molecule has 0 radical (unpaired) electrons. The predicted octanol–water partition coefficient (Wildman–Crippen LogP) is 5.94. The van der Waals surface area contributed by atoms with Crippen molar-refractivity contribution in [2.24, 2.45) is 0 Å². The highest BCUT2D eigenvalue weighted by atomic mass is 16.3. The van der Waals surface area contributed by atoms with E-state index in [9.17, 15) is 5.11 Å². The molecule has 0 atom stereocenters. The van der Waals surface area contributed by atoms with Crippen LogP contribution in [0.1, 0.15) is 83.9 Å². The summed E-state index contributed by atoms with van der Waals surface area (Å²) >= 11 is 0. The third-order valence-electron chi connectivity index (χ3n) is 4.32. The van der Waals surface area contributed by atoms with Crippen LogP contribution < -0.4 is 0 Å². The molecule has 1 aromatic rings. The number of phenolic OH excluding ortho intramolecular Hbond substituents is 1. The van der Waals surface area contributed by atoms with Crippen molar-refractivity contribution in [2.45, 2.75) is 78.1 Å².